The summed E-state index contributed by atoms with van der Waals surface area (Å²) in [5, 5.41) is 12.8. The van der Waals surface area contributed by atoms with Crippen LogP contribution >= 0.6 is 0 Å². The van der Waals surface area contributed by atoms with Gasteiger partial charge in [-0.05, 0) is 132 Å². The van der Waals surface area contributed by atoms with E-state index in [0.29, 0.717) is 0 Å². The summed E-state index contributed by atoms with van der Waals surface area (Å²) in [6.07, 6.45) is 0. The SMILES string of the molecule is CC1(C)c2ccccc2-c2cc3c4cc(-c5ccc6c7ccccc7c7ccccc7c6c5)ccc4n(-c4ccc5c(c4)c4ccccc4n5-c4ccccc4)c3cc21. The van der Waals surface area contributed by atoms with Gasteiger partial charge < -0.3 is 9.13 Å². The Bertz CT molecular complexity index is 3710. The number of aromatic nitrogens is 2. The Hall–Kier alpha value is -7.42. The molecule has 0 atom stereocenters. The highest BCUT2D eigenvalue weighted by molar-refractivity contribution is 6.26. The van der Waals surface area contributed by atoms with Crippen molar-refractivity contribution < 1.29 is 0 Å². The molecular weight excluding hydrogens is 713 g/mol. The van der Waals surface area contributed by atoms with Crippen LogP contribution in [0.25, 0.3) is 110 Å². The number of nitrogens with zero attached hydrogens (tertiary/aromatic N) is 2. The highest BCUT2D eigenvalue weighted by Crippen LogP contribution is 2.51. The van der Waals surface area contributed by atoms with Gasteiger partial charge in [-0.25, -0.2) is 0 Å². The van der Waals surface area contributed by atoms with Crippen LogP contribution in [-0.2, 0) is 5.41 Å². The van der Waals surface area contributed by atoms with Gasteiger partial charge in [0, 0.05) is 38.3 Å². The van der Waals surface area contributed by atoms with E-state index in [1.165, 1.54) is 121 Å². The largest absolute Gasteiger partial charge is 0.309 e. The second kappa shape index (κ2) is 11.8. The summed E-state index contributed by atoms with van der Waals surface area (Å²) in [6, 6.07) is 72.4. The van der Waals surface area contributed by atoms with E-state index in [1.807, 2.05) is 0 Å². The maximum atomic E-state index is 2.52. The summed E-state index contributed by atoms with van der Waals surface area (Å²) < 4.78 is 4.91. The summed E-state index contributed by atoms with van der Waals surface area (Å²) in [5.74, 6) is 0. The first-order valence-electron chi connectivity index (χ1n) is 20.7. The molecule has 2 nitrogen and oxygen atoms in total. The Labute approximate surface area is 341 Å². The first-order valence-corrected chi connectivity index (χ1v) is 20.7. The van der Waals surface area contributed by atoms with E-state index in [-0.39, 0.29) is 5.41 Å². The molecule has 0 radical (unpaired) electrons. The summed E-state index contributed by atoms with van der Waals surface area (Å²) in [5.41, 5.74) is 15.0. The number of hydrogen-bond acceptors (Lipinski definition) is 0. The summed E-state index contributed by atoms with van der Waals surface area (Å²) >= 11 is 0. The molecule has 2 heteroatoms. The van der Waals surface area contributed by atoms with Gasteiger partial charge in [0.15, 0.2) is 0 Å². The Kier molecular flexibility index (Phi) is 6.54. The van der Waals surface area contributed by atoms with Crippen LogP contribution in [0.15, 0.2) is 194 Å². The Morgan fingerprint density at radius 2 is 0.797 bits per heavy atom. The first-order chi connectivity index (χ1) is 29.0. The third kappa shape index (κ3) is 4.46. The van der Waals surface area contributed by atoms with Gasteiger partial charge in [-0.1, -0.05) is 141 Å². The lowest BCUT2D eigenvalue weighted by Gasteiger charge is -2.21. The van der Waals surface area contributed by atoms with Crippen LogP contribution < -0.4 is 0 Å². The van der Waals surface area contributed by atoms with E-state index in [9.17, 15) is 0 Å². The molecule has 2 aromatic heterocycles. The Balaban J connectivity index is 1.08. The second-order valence-electron chi connectivity index (χ2n) is 16.9. The molecule has 1 aliphatic carbocycles. The van der Waals surface area contributed by atoms with E-state index >= 15 is 0 Å². The van der Waals surface area contributed by atoms with Gasteiger partial charge in [-0.2, -0.15) is 0 Å². The molecule has 0 spiro atoms. The average molecular weight is 751 g/mol. The molecule has 276 valence electrons. The summed E-state index contributed by atoms with van der Waals surface area (Å²) in [7, 11) is 0. The van der Waals surface area contributed by atoms with Crippen molar-refractivity contribution in [3.05, 3.63) is 205 Å². The van der Waals surface area contributed by atoms with Crippen LogP contribution in [0.1, 0.15) is 25.0 Å². The highest BCUT2D eigenvalue weighted by Gasteiger charge is 2.36. The monoisotopic (exact) mass is 750 g/mol. The van der Waals surface area contributed by atoms with Crippen LogP contribution in [0.3, 0.4) is 0 Å². The zero-order chi connectivity index (χ0) is 39.0. The number of para-hydroxylation sites is 2. The lowest BCUT2D eigenvalue weighted by atomic mass is 9.82. The minimum absolute atomic E-state index is 0.113. The van der Waals surface area contributed by atoms with Crippen molar-refractivity contribution in [2.75, 3.05) is 0 Å². The molecule has 10 aromatic carbocycles. The minimum Gasteiger partial charge on any atom is -0.309 e. The molecule has 0 fully saturated rings. The van der Waals surface area contributed by atoms with Crippen molar-refractivity contribution in [1.82, 2.24) is 9.13 Å². The molecule has 0 saturated carbocycles. The normalized spacial score (nSPS) is 13.4. The lowest BCUT2D eigenvalue weighted by Crippen LogP contribution is -2.14. The third-order valence-electron chi connectivity index (χ3n) is 13.5. The molecule has 2 heterocycles. The van der Waals surface area contributed by atoms with Crippen molar-refractivity contribution >= 4 is 75.9 Å². The van der Waals surface area contributed by atoms with E-state index in [2.05, 4.69) is 217 Å². The maximum Gasteiger partial charge on any atom is 0.0544 e. The lowest BCUT2D eigenvalue weighted by molar-refractivity contribution is 0.661. The van der Waals surface area contributed by atoms with Crippen LogP contribution in [0.4, 0.5) is 0 Å². The Morgan fingerprint density at radius 3 is 1.54 bits per heavy atom. The van der Waals surface area contributed by atoms with E-state index in [1.54, 1.807) is 0 Å². The number of rotatable bonds is 3. The minimum atomic E-state index is -0.113. The topological polar surface area (TPSA) is 9.86 Å². The van der Waals surface area contributed by atoms with E-state index < -0.39 is 0 Å². The molecule has 1 aliphatic rings. The molecule has 0 aliphatic heterocycles. The second-order valence-corrected chi connectivity index (χ2v) is 16.9. The predicted octanol–water partition coefficient (Wildman–Crippen LogP) is 15.3. The van der Waals surface area contributed by atoms with E-state index in [4.69, 9.17) is 0 Å². The molecular formula is C57H38N2. The predicted molar refractivity (Wildman–Crippen MR) is 251 cm³/mol. The standard InChI is InChI=1S/C57H38N2/c1-57(2)51-22-12-10-20-44(51)47-33-50-48-31-36(35-24-27-43-41-18-7-6-16-39(41)40-17-8-9-19-42(40)46(43)30-35)25-28-54(48)59(56(50)34-52(47)57)38-26-29-55-49(32-38)45-21-11-13-23-53(45)58(55)37-14-4-3-5-15-37/h3-34H,1-2H3. The number of hydrogen-bond donors (Lipinski definition) is 0. The van der Waals surface area contributed by atoms with Crippen LogP contribution in [0, 0.1) is 0 Å². The van der Waals surface area contributed by atoms with Gasteiger partial charge in [-0.15, -0.1) is 0 Å². The van der Waals surface area contributed by atoms with Crippen molar-refractivity contribution in [2.45, 2.75) is 19.3 Å². The van der Waals surface area contributed by atoms with E-state index in [0.717, 1.165) is 0 Å². The molecule has 0 amide bonds. The Morgan fingerprint density at radius 1 is 0.288 bits per heavy atom. The fourth-order valence-electron chi connectivity index (χ4n) is 10.7. The summed E-state index contributed by atoms with van der Waals surface area (Å²) in [6.45, 7) is 4.76. The van der Waals surface area contributed by atoms with Crippen molar-refractivity contribution in [3.63, 3.8) is 0 Å². The fraction of sp³-hybridized carbons (Fsp3) is 0.0526. The molecule has 0 N–H and O–H groups in total. The van der Waals surface area contributed by atoms with Crippen molar-refractivity contribution in [3.8, 4) is 33.6 Å². The van der Waals surface area contributed by atoms with Gasteiger partial charge in [-0.3, -0.25) is 0 Å². The zero-order valence-electron chi connectivity index (χ0n) is 32.9. The number of benzene rings is 10. The summed E-state index contributed by atoms with van der Waals surface area (Å²) in [4.78, 5) is 0. The zero-order valence-corrected chi connectivity index (χ0v) is 32.9. The van der Waals surface area contributed by atoms with Crippen LogP contribution in [-0.4, -0.2) is 9.13 Å². The smallest absolute Gasteiger partial charge is 0.0544 e. The molecule has 0 unspecified atom stereocenters. The molecule has 59 heavy (non-hydrogen) atoms. The van der Waals surface area contributed by atoms with Gasteiger partial charge in [0.25, 0.3) is 0 Å². The van der Waals surface area contributed by atoms with Crippen LogP contribution in [0.2, 0.25) is 0 Å². The van der Waals surface area contributed by atoms with Crippen molar-refractivity contribution in [2.24, 2.45) is 0 Å². The third-order valence-corrected chi connectivity index (χ3v) is 13.5. The van der Waals surface area contributed by atoms with Gasteiger partial charge >= 0.3 is 0 Å². The fourth-order valence-corrected chi connectivity index (χ4v) is 10.7. The van der Waals surface area contributed by atoms with Gasteiger partial charge in [0.2, 0.25) is 0 Å². The van der Waals surface area contributed by atoms with Gasteiger partial charge in [0.05, 0.1) is 22.1 Å². The van der Waals surface area contributed by atoms with Crippen molar-refractivity contribution in [1.29, 1.82) is 0 Å². The highest BCUT2D eigenvalue weighted by atomic mass is 15.0. The average Bonchev–Trinajstić information content (AvgIpc) is 3.88. The first kappa shape index (κ1) is 32.6. The molecule has 0 saturated heterocycles. The molecule has 0 bridgehead atoms. The van der Waals surface area contributed by atoms with Gasteiger partial charge in [0.1, 0.15) is 0 Å². The van der Waals surface area contributed by atoms with Crippen LogP contribution in [0.5, 0.6) is 0 Å². The number of fused-ring (bicyclic) bond motifs is 15. The quantitative estimate of drug-likeness (QED) is 0.159. The molecule has 12 aromatic rings. The maximum absolute atomic E-state index is 2.52. The molecule has 13 rings (SSSR count).